The number of thiophene rings is 1. The second-order valence-corrected chi connectivity index (χ2v) is 6.70. The zero-order valence-electron chi connectivity index (χ0n) is 9.78. The van der Waals surface area contributed by atoms with Gasteiger partial charge in [-0.3, -0.25) is 0 Å². The molecular formula is C13H13BrN2S2. The Kier molecular flexibility index (Phi) is 3.63. The van der Waals surface area contributed by atoms with Crippen molar-refractivity contribution in [1.29, 1.82) is 0 Å². The third kappa shape index (κ3) is 2.31. The molecular weight excluding hydrogens is 328 g/mol. The van der Waals surface area contributed by atoms with Crippen molar-refractivity contribution in [3.63, 3.8) is 0 Å². The van der Waals surface area contributed by atoms with Gasteiger partial charge in [-0.05, 0) is 40.2 Å². The summed E-state index contributed by atoms with van der Waals surface area (Å²) in [5.74, 6) is 1.50. The Morgan fingerprint density at radius 3 is 2.83 bits per heavy atom. The zero-order chi connectivity index (χ0) is 12.5. The fourth-order valence-corrected chi connectivity index (χ4v) is 3.88. The molecule has 94 valence electrons. The minimum atomic E-state index is 0.600. The fourth-order valence-electron chi connectivity index (χ4n) is 2.50. The summed E-state index contributed by atoms with van der Waals surface area (Å²) < 4.78 is 1.64. The molecule has 0 saturated heterocycles. The van der Waals surface area contributed by atoms with Crippen LogP contribution in [0.4, 0.5) is 0 Å². The maximum Gasteiger partial charge on any atom is 0.149 e. The van der Waals surface area contributed by atoms with E-state index in [-0.39, 0.29) is 0 Å². The second kappa shape index (κ2) is 5.23. The highest BCUT2D eigenvalue weighted by molar-refractivity contribution is 9.10. The van der Waals surface area contributed by atoms with Gasteiger partial charge in [-0.2, -0.15) is 0 Å². The molecule has 0 amide bonds. The molecule has 5 heteroatoms. The van der Waals surface area contributed by atoms with Crippen molar-refractivity contribution in [1.82, 2.24) is 9.97 Å². The minimum absolute atomic E-state index is 0.600. The number of halogens is 1. The average molecular weight is 341 g/mol. The molecule has 0 atom stereocenters. The van der Waals surface area contributed by atoms with Crippen LogP contribution in [0.2, 0.25) is 0 Å². The van der Waals surface area contributed by atoms with E-state index in [9.17, 15) is 0 Å². The first-order valence-corrected chi connectivity index (χ1v) is 8.17. The highest BCUT2D eigenvalue weighted by Crippen LogP contribution is 2.37. The predicted molar refractivity (Wildman–Crippen MR) is 81.6 cm³/mol. The number of nitrogens with one attached hydrogen (secondary N) is 1. The highest BCUT2D eigenvalue weighted by atomic mass is 79.9. The van der Waals surface area contributed by atoms with Crippen LogP contribution in [0.25, 0.3) is 10.7 Å². The first kappa shape index (κ1) is 12.5. The van der Waals surface area contributed by atoms with Crippen LogP contribution in [0.3, 0.4) is 0 Å². The molecule has 1 saturated carbocycles. The van der Waals surface area contributed by atoms with Crippen LogP contribution < -0.4 is 0 Å². The van der Waals surface area contributed by atoms with Crippen molar-refractivity contribution < 1.29 is 0 Å². The Hall–Kier alpha value is -0.520. The van der Waals surface area contributed by atoms with E-state index in [1.54, 1.807) is 11.3 Å². The van der Waals surface area contributed by atoms with Crippen LogP contribution in [-0.4, -0.2) is 9.97 Å². The van der Waals surface area contributed by atoms with Gasteiger partial charge in [0, 0.05) is 11.6 Å². The van der Waals surface area contributed by atoms with Gasteiger partial charge in [0.15, 0.2) is 0 Å². The van der Waals surface area contributed by atoms with E-state index in [4.69, 9.17) is 12.2 Å². The maximum absolute atomic E-state index is 5.36. The van der Waals surface area contributed by atoms with Crippen LogP contribution >= 0.6 is 39.5 Å². The highest BCUT2D eigenvalue weighted by Gasteiger charge is 2.21. The lowest BCUT2D eigenvalue weighted by molar-refractivity contribution is 0.690. The summed E-state index contributed by atoms with van der Waals surface area (Å²) in [7, 11) is 0. The molecule has 0 spiro atoms. The quantitative estimate of drug-likeness (QED) is 0.752. The van der Waals surface area contributed by atoms with Crippen molar-refractivity contribution in [3.8, 4) is 10.7 Å². The lowest BCUT2D eigenvalue weighted by Gasteiger charge is -2.13. The Balaban J connectivity index is 2.10. The van der Waals surface area contributed by atoms with Gasteiger partial charge in [-0.1, -0.05) is 31.1 Å². The lowest BCUT2D eigenvalue weighted by Crippen LogP contribution is -2.02. The Bertz CT molecular complexity index is 598. The summed E-state index contributed by atoms with van der Waals surface area (Å²) in [5.41, 5.74) is 1.23. The van der Waals surface area contributed by atoms with E-state index in [2.05, 4.69) is 37.3 Å². The Morgan fingerprint density at radius 1 is 1.39 bits per heavy atom. The monoisotopic (exact) mass is 340 g/mol. The first-order chi connectivity index (χ1) is 8.75. The Labute approximate surface area is 124 Å². The standard InChI is InChI=1S/C13H13BrN2S2/c14-10-11(8-4-1-2-5-8)15-12(16-13(10)17)9-6-3-7-18-9/h3,6-8H,1-2,4-5H2,(H,15,16,17). The number of aromatic nitrogens is 2. The van der Waals surface area contributed by atoms with Crippen LogP contribution in [0.5, 0.6) is 0 Å². The lowest BCUT2D eigenvalue weighted by atomic mass is 10.0. The van der Waals surface area contributed by atoms with E-state index in [1.165, 1.54) is 31.4 Å². The van der Waals surface area contributed by atoms with Crippen LogP contribution in [-0.2, 0) is 0 Å². The fraction of sp³-hybridized carbons (Fsp3) is 0.385. The van der Waals surface area contributed by atoms with Crippen LogP contribution in [0.15, 0.2) is 22.0 Å². The summed E-state index contributed by atoms with van der Waals surface area (Å²) in [4.78, 5) is 9.10. The van der Waals surface area contributed by atoms with Crippen LogP contribution in [0, 0.1) is 4.64 Å². The van der Waals surface area contributed by atoms with Gasteiger partial charge in [0.05, 0.1) is 9.35 Å². The van der Waals surface area contributed by atoms with Gasteiger partial charge in [-0.25, -0.2) is 4.98 Å². The van der Waals surface area contributed by atoms with E-state index < -0.39 is 0 Å². The van der Waals surface area contributed by atoms with Crippen molar-refractivity contribution >= 4 is 39.5 Å². The summed E-state index contributed by atoms with van der Waals surface area (Å²) in [6.45, 7) is 0. The van der Waals surface area contributed by atoms with Crippen molar-refractivity contribution in [2.24, 2.45) is 0 Å². The molecule has 3 rings (SSSR count). The molecule has 0 aromatic carbocycles. The normalized spacial score (nSPS) is 16.3. The number of hydrogen-bond donors (Lipinski definition) is 1. The molecule has 0 unspecified atom stereocenters. The van der Waals surface area contributed by atoms with E-state index in [0.29, 0.717) is 10.6 Å². The molecule has 1 aliphatic carbocycles. The molecule has 1 N–H and O–H groups in total. The van der Waals surface area contributed by atoms with Crippen molar-refractivity contribution in [2.45, 2.75) is 31.6 Å². The van der Waals surface area contributed by atoms with Gasteiger partial charge in [0.1, 0.15) is 10.5 Å². The van der Waals surface area contributed by atoms with E-state index in [0.717, 1.165) is 15.2 Å². The smallest absolute Gasteiger partial charge is 0.149 e. The number of aromatic amines is 1. The average Bonchev–Trinajstić information content (AvgIpc) is 3.03. The largest absolute Gasteiger partial charge is 0.341 e. The number of hydrogen-bond acceptors (Lipinski definition) is 3. The number of H-pyrrole nitrogens is 1. The summed E-state index contributed by atoms with van der Waals surface area (Å²) in [6, 6.07) is 4.11. The van der Waals surface area contributed by atoms with Gasteiger partial charge in [0.25, 0.3) is 0 Å². The topological polar surface area (TPSA) is 28.7 Å². The van der Waals surface area contributed by atoms with E-state index >= 15 is 0 Å². The maximum atomic E-state index is 5.36. The molecule has 0 bridgehead atoms. The SMILES string of the molecule is S=c1nc(-c2cccs2)[nH]c(C2CCCC2)c1Br. The number of nitrogens with zero attached hydrogens (tertiary/aromatic N) is 1. The van der Waals surface area contributed by atoms with Crippen molar-refractivity contribution in [2.75, 3.05) is 0 Å². The third-order valence-corrected chi connectivity index (χ3v) is 5.65. The molecule has 18 heavy (non-hydrogen) atoms. The van der Waals surface area contributed by atoms with Crippen molar-refractivity contribution in [3.05, 3.63) is 32.3 Å². The van der Waals surface area contributed by atoms with Gasteiger partial charge < -0.3 is 4.98 Å². The molecule has 2 heterocycles. The number of rotatable bonds is 2. The summed E-state index contributed by atoms with van der Waals surface area (Å²) in [5, 5.41) is 2.06. The van der Waals surface area contributed by atoms with E-state index in [1.807, 2.05) is 6.07 Å². The molecule has 2 aromatic rings. The molecule has 2 nitrogen and oxygen atoms in total. The predicted octanol–water partition coefficient (Wildman–Crippen LogP) is 5.29. The zero-order valence-corrected chi connectivity index (χ0v) is 13.0. The third-order valence-electron chi connectivity index (χ3n) is 3.41. The Morgan fingerprint density at radius 2 is 2.17 bits per heavy atom. The summed E-state index contributed by atoms with van der Waals surface area (Å²) >= 11 is 10.6. The molecule has 0 aliphatic heterocycles. The molecule has 1 aliphatic rings. The van der Waals surface area contributed by atoms with Crippen LogP contribution in [0.1, 0.15) is 37.3 Å². The molecule has 0 radical (unpaired) electrons. The second-order valence-electron chi connectivity index (χ2n) is 4.58. The minimum Gasteiger partial charge on any atom is -0.341 e. The van der Waals surface area contributed by atoms with Gasteiger partial charge in [-0.15, -0.1) is 11.3 Å². The first-order valence-electron chi connectivity index (χ1n) is 6.09. The molecule has 2 aromatic heterocycles. The van der Waals surface area contributed by atoms with Gasteiger partial charge in [0.2, 0.25) is 0 Å². The van der Waals surface area contributed by atoms with Gasteiger partial charge >= 0.3 is 0 Å². The summed E-state index contributed by atoms with van der Waals surface area (Å²) in [6.07, 6.45) is 5.12. The molecule has 1 fully saturated rings.